The van der Waals surface area contributed by atoms with E-state index in [-0.39, 0.29) is 11.5 Å². The Balaban J connectivity index is 2.54. The number of carbonyl (C=O) groups is 1. The van der Waals surface area contributed by atoms with Crippen LogP contribution in [0.2, 0.25) is 0 Å². The van der Waals surface area contributed by atoms with E-state index >= 15 is 0 Å². The second-order valence-corrected chi connectivity index (χ2v) is 3.86. The van der Waals surface area contributed by atoms with Gasteiger partial charge in [0.15, 0.2) is 0 Å². The molecule has 6 nitrogen and oxygen atoms in total. The van der Waals surface area contributed by atoms with Crippen molar-refractivity contribution in [1.29, 1.82) is 0 Å². The number of aromatic amines is 1. The average molecular weight is 274 g/mol. The first-order chi connectivity index (χ1) is 8.77. The van der Waals surface area contributed by atoms with E-state index in [9.17, 15) is 18.0 Å². The highest BCUT2D eigenvalue weighted by Crippen LogP contribution is 2.30. The van der Waals surface area contributed by atoms with Gasteiger partial charge in [0.1, 0.15) is 18.0 Å². The lowest BCUT2D eigenvalue weighted by atomic mass is 10.3. The first-order valence-corrected chi connectivity index (χ1v) is 5.17. The van der Waals surface area contributed by atoms with Gasteiger partial charge in [-0.15, -0.1) is 0 Å². The number of rotatable bonds is 3. The number of carboxylic acid groups (broad SMARTS) is 1. The molecule has 0 fully saturated rings. The lowest BCUT2D eigenvalue weighted by Gasteiger charge is -2.08. The number of hydrogen-bond donors (Lipinski definition) is 3. The molecule has 2 rings (SSSR count). The summed E-state index contributed by atoms with van der Waals surface area (Å²) in [5.74, 6) is -2.69. The molecular weight excluding hydrogens is 265 g/mol. The maximum absolute atomic E-state index is 12.6. The molecule has 102 valence electrons. The zero-order chi connectivity index (χ0) is 14.2. The van der Waals surface area contributed by atoms with Crippen molar-refractivity contribution in [2.24, 2.45) is 0 Å². The van der Waals surface area contributed by atoms with Gasteiger partial charge in [0.2, 0.25) is 5.82 Å². The molecule has 0 spiro atoms. The minimum Gasteiger partial charge on any atom is -0.480 e. The molecule has 9 heteroatoms. The topological polar surface area (TPSA) is 90.9 Å². The van der Waals surface area contributed by atoms with Crippen molar-refractivity contribution in [3.05, 3.63) is 17.6 Å². The molecule has 0 unspecified atom stereocenters. The van der Waals surface area contributed by atoms with E-state index in [1.54, 1.807) is 13.0 Å². The Morgan fingerprint density at radius 1 is 1.47 bits per heavy atom. The largest absolute Gasteiger partial charge is 0.480 e. The van der Waals surface area contributed by atoms with Gasteiger partial charge in [0.25, 0.3) is 0 Å². The molecule has 3 N–H and O–H groups in total. The van der Waals surface area contributed by atoms with Crippen molar-refractivity contribution in [2.75, 3.05) is 11.9 Å². The van der Waals surface area contributed by atoms with Crippen molar-refractivity contribution in [2.45, 2.75) is 13.1 Å². The summed E-state index contributed by atoms with van der Waals surface area (Å²) in [4.78, 5) is 19.8. The van der Waals surface area contributed by atoms with Gasteiger partial charge in [-0.2, -0.15) is 13.2 Å². The highest BCUT2D eigenvalue weighted by molar-refractivity contribution is 5.89. The summed E-state index contributed by atoms with van der Waals surface area (Å²) in [6, 6.07) is 1.54. The molecule has 0 bridgehead atoms. The van der Waals surface area contributed by atoms with Crippen molar-refractivity contribution in [3.8, 4) is 0 Å². The number of H-pyrrole nitrogens is 1. The van der Waals surface area contributed by atoms with E-state index in [4.69, 9.17) is 5.11 Å². The van der Waals surface area contributed by atoms with Crippen LogP contribution in [-0.2, 0) is 11.0 Å². The van der Waals surface area contributed by atoms with Crippen LogP contribution in [0, 0.1) is 6.92 Å². The lowest BCUT2D eigenvalue weighted by Crippen LogP contribution is -2.17. The molecule has 2 aromatic rings. The smallest absolute Gasteiger partial charge is 0.451 e. The van der Waals surface area contributed by atoms with Crippen LogP contribution in [-0.4, -0.2) is 32.6 Å². The summed E-state index contributed by atoms with van der Waals surface area (Å²) in [6.45, 7) is 1.11. The van der Waals surface area contributed by atoms with Crippen LogP contribution in [0.4, 0.5) is 19.0 Å². The quantitative estimate of drug-likeness (QED) is 0.793. The fourth-order valence-corrected chi connectivity index (χ4v) is 1.56. The number of hydrogen-bond acceptors (Lipinski definition) is 4. The lowest BCUT2D eigenvalue weighted by molar-refractivity contribution is -0.144. The number of halogens is 3. The van der Waals surface area contributed by atoms with Crippen LogP contribution in [0.1, 0.15) is 11.5 Å². The van der Waals surface area contributed by atoms with Gasteiger partial charge in [0.05, 0.1) is 5.39 Å². The van der Waals surface area contributed by atoms with Crippen LogP contribution in [0.25, 0.3) is 11.0 Å². The number of alkyl halides is 3. The molecule has 0 amide bonds. The Bertz CT molecular complexity index is 635. The predicted octanol–water partition coefficient (Wildman–Crippen LogP) is 1.78. The van der Waals surface area contributed by atoms with Gasteiger partial charge >= 0.3 is 12.1 Å². The second-order valence-electron chi connectivity index (χ2n) is 3.86. The fourth-order valence-electron chi connectivity index (χ4n) is 1.56. The van der Waals surface area contributed by atoms with Gasteiger partial charge in [-0.1, -0.05) is 0 Å². The molecule has 19 heavy (non-hydrogen) atoms. The highest BCUT2D eigenvalue weighted by Gasteiger charge is 2.35. The van der Waals surface area contributed by atoms with Crippen LogP contribution in [0.5, 0.6) is 0 Å². The molecular formula is C10H9F3N4O2. The van der Waals surface area contributed by atoms with Crippen LogP contribution in [0.15, 0.2) is 6.07 Å². The van der Waals surface area contributed by atoms with Gasteiger partial charge in [0, 0.05) is 5.69 Å². The number of nitrogens with zero attached hydrogens (tertiary/aromatic N) is 2. The number of carboxylic acids is 1. The van der Waals surface area contributed by atoms with Gasteiger partial charge in [-0.25, -0.2) is 9.97 Å². The maximum Gasteiger partial charge on any atom is 0.451 e. The molecule has 0 aromatic carbocycles. The van der Waals surface area contributed by atoms with Gasteiger partial charge in [-0.3, -0.25) is 4.79 Å². The average Bonchev–Trinajstić information content (AvgIpc) is 2.64. The Hall–Kier alpha value is -2.32. The summed E-state index contributed by atoms with van der Waals surface area (Å²) in [6.07, 6.45) is -4.70. The maximum atomic E-state index is 12.6. The fraction of sp³-hybridized carbons (Fsp3) is 0.300. The third-order valence-electron chi connectivity index (χ3n) is 2.28. The molecule has 0 aliphatic rings. The van der Waals surface area contributed by atoms with E-state index in [1.807, 2.05) is 0 Å². The van der Waals surface area contributed by atoms with Crippen molar-refractivity contribution in [3.63, 3.8) is 0 Å². The number of fused-ring (bicyclic) bond motifs is 1. The second kappa shape index (κ2) is 4.41. The van der Waals surface area contributed by atoms with Crippen LogP contribution >= 0.6 is 0 Å². The summed E-state index contributed by atoms with van der Waals surface area (Å²) >= 11 is 0. The number of aryl methyl sites for hydroxylation is 1. The van der Waals surface area contributed by atoms with E-state index in [0.717, 1.165) is 0 Å². The number of anilines is 1. The van der Waals surface area contributed by atoms with Gasteiger partial charge in [-0.05, 0) is 13.0 Å². The molecule has 2 heterocycles. The first kappa shape index (κ1) is 13.1. The number of nitrogens with one attached hydrogen (secondary N) is 2. The van der Waals surface area contributed by atoms with E-state index in [0.29, 0.717) is 11.1 Å². The van der Waals surface area contributed by atoms with Crippen molar-refractivity contribution in [1.82, 2.24) is 15.0 Å². The summed E-state index contributed by atoms with van der Waals surface area (Å²) < 4.78 is 37.9. The SMILES string of the molecule is Cc1cc2c(NCC(=O)O)nc(C(F)(F)F)nc2[nH]1. The normalized spacial score (nSPS) is 11.8. The van der Waals surface area contributed by atoms with Crippen molar-refractivity contribution < 1.29 is 23.1 Å². The monoisotopic (exact) mass is 274 g/mol. The standard InChI is InChI=1S/C10H9F3N4O2/c1-4-2-5-7(14-3-6(18)19)16-9(10(11,12)13)17-8(5)15-4/h2H,3H2,1H3,(H,18,19)(H2,14,15,16,17). The summed E-state index contributed by atoms with van der Waals surface area (Å²) in [7, 11) is 0. The minimum atomic E-state index is -4.70. The summed E-state index contributed by atoms with van der Waals surface area (Å²) in [5.41, 5.74) is 0.606. The number of aliphatic carboxylic acids is 1. The zero-order valence-electron chi connectivity index (χ0n) is 9.67. The Morgan fingerprint density at radius 2 is 2.16 bits per heavy atom. The number of aromatic nitrogens is 3. The Kier molecular flexibility index (Phi) is 3.05. The molecule has 2 aromatic heterocycles. The Labute approximate surface area is 104 Å². The minimum absolute atomic E-state index is 0.00714. The van der Waals surface area contributed by atoms with Crippen LogP contribution < -0.4 is 5.32 Å². The summed E-state index contributed by atoms with van der Waals surface area (Å²) in [5, 5.41) is 11.2. The van der Waals surface area contributed by atoms with Gasteiger partial charge < -0.3 is 15.4 Å². The first-order valence-electron chi connectivity index (χ1n) is 5.17. The van der Waals surface area contributed by atoms with E-state index in [2.05, 4.69) is 20.3 Å². The molecule has 0 saturated carbocycles. The molecule has 0 aliphatic heterocycles. The molecule has 0 radical (unpaired) electrons. The van der Waals surface area contributed by atoms with Crippen LogP contribution in [0.3, 0.4) is 0 Å². The molecule has 0 aliphatic carbocycles. The molecule has 0 saturated heterocycles. The van der Waals surface area contributed by atoms with E-state index in [1.165, 1.54) is 0 Å². The van der Waals surface area contributed by atoms with Crippen molar-refractivity contribution >= 4 is 22.8 Å². The zero-order valence-corrected chi connectivity index (χ0v) is 9.67. The van der Waals surface area contributed by atoms with E-state index < -0.39 is 24.5 Å². The predicted molar refractivity (Wildman–Crippen MR) is 59.8 cm³/mol. The molecule has 0 atom stereocenters. The third kappa shape index (κ3) is 2.75. The third-order valence-corrected chi connectivity index (χ3v) is 2.28. The Morgan fingerprint density at radius 3 is 2.74 bits per heavy atom. The highest BCUT2D eigenvalue weighted by atomic mass is 19.4.